The van der Waals surface area contributed by atoms with Crippen LogP contribution in [0.2, 0.25) is 0 Å². The van der Waals surface area contributed by atoms with Gasteiger partial charge in [-0.25, -0.2) is 0 Å². The number of hydrogen-bond donors (Lipinski definition) is 0. The zero-order valence-electron chi connectivity index (χ0n) is 36.6. The van der Waals surface area contributed by atoms with E-state index < -0.39 is 5.41 Å². The minimum Gasteiger partial charge on any atom is -0.456 e. The summed E-state index contributed by atoms with van der Waals surface area (Å²) in [4.78, 5) is 4.66. The minimum absolute atomic E-state index is 0.660. The van der Waals surface area contributed by atoms with Crippen molar-refractivity contribution < 1.29 is 13.3 Å². The molecule has 2 aliphatic rings. The Morgan fingerprint density at radius 3 is 1.32 bits per heavy atom. The number of fused-ring (bicyclic) bond motifs is 18. The molecule has 15 rings (SSSR count). The molecule has 0 radical (unpaired) electrons. The molecule has 0 fully saturated rings. The molecular weight excluding hydrogens is 833 g/mol. The van der Waals surface area contributed by atoms with Gasteiger partial charge in [-0.05, 0) is 107 Å². The van der Waals surface area contributed by atoms with Crippen molar-refractivity contribution in [2.24, 2.45) is 0 Å². The number of anilines is 6. The van der Waals surface area contributed by atoms with Crippen molar-refractivity contribution in [2.75, 3.05) is 9.80 Å². The van der Waals surface area contributed by atoms with Crippen LogP contribution in [-0.2, 0) is 5.41 Å². The largest absolute Gasteiger partial charge is 0.456 e. The zero-order chi connectivity index (χ0) is 44.5. The van der Waals surface area contributed by atoms with E-state index in [0.717, 1.165) is 100 Å². The maximum absolute atomic E-state index is 7.10. The van der Waals surface area contributed by atoms with Crippen LogP contribution in [0.25, 0.3) is 77.3 Å². The molecule has 10 aromatic carbocycles. The van der Waals surface area contributed by atoms with Crippen LogP contribution in [0.4, 0.5) is 34.1 Å². The Kier molecular flexibility index (Phi) is 7.64. The predicted molar refractivity (Wildman–Crippen MR) is 276 cm³/mol. The lowest BCUT2D eigenvalue weighted by Crippen LogP contribution is -2.26. The Hall–Kier alpha value is -9.06. The SMILES string of the molecule is c1ccc(N(c2ccc3c(c2)-c2ccccc2C32c3ccc(N(c4ccccc4)c4cccc5c4oc4ccccc45)cc3-c3oc4ccccc4c32)c2cccc3c2oc2ccccc23)cc1. The second-order valence-electron chi connectivity index (χ2n) is 17.9. The number of furan rings is 3. The van der Waals surface area contributed by atoms with E-state index >= 15 is 0 Å². The van der Waals surface area contributed by atoms with Gasteiger partial charge in [0.15, 0.2) is 11.2 Å². The molecule has 318 valence electrons. The van der Waals surface area contributed by atoms with Crippen LogP contribution >= 0.6 is 0 Å². The van der Waals surface area contributed by atoms with Crippen LogP contribution in [-0.4, -0.2) is 0 Å². The summed E-state index contributed by atoms with van der Waals surface area (Å²) in [7, 11) is 0. The first-order valence-corrected chi connectivity index (χ1v) is 23.2. The molecule has 68 heavy (non-hydrogen) atoms. The number of nitrogens with zero attached hydrogens (tertiary/aromatic N) is 2. The van der Waals surface area contributed by atoms with Crippen molar-refractivity contribution in [3.63, 3.8) is 0 Å². The molecule has 3 aromatic heterocycles. The van der Waals surface area contributed by atoms with E-state index in [1.807, 2.05) is 24.3 Å². The van der Waals surface area contributed by atoms with Gasteiger partial charge in [0, 0.05) is 60.8 Å². The summed E-state index contributed by atoms with van der Waals surface area (Å²) in [6.45, 7) is 0. The fraction of sp³-hybridized carbons (Fsp3) is 0.0159. The van der Waals surface area contributed by atoms with Crippen molar-refractivity contribution in [3.8, 4) is 22.5 Å². The number of para-hydroxylation sites is 7. The van der Waals surface area contributed by atoms with E-state index in [1.165, 1.54) is 33.4 Å². The highest BCUT2D eigenvalue weighted by Gasteiger charge is 2.54. The van der Waals surface area contributed by atoms with Gasteiger partial charge in [0.25, 0.3) is 0 Å². The second-order valence-corrected chi connectivity index (χ2v) is 17.9. The van der Waals surface area contributed by atoms with Crippen molar-refractivity contribution in [1.29, 1.82) is 0 Å². The van der Waals surface area contributed by atoms with E-state index in [2.05, 4.69) is 216 Å². The summed E-state index contributed by atoms with van der Waals surface area (Å²) in [5.74, 6) is 0.896. The summed E-state index contributed by atoms with van der Waals surface area (Å²) in [6.07, 6.45) is 0. The Morgan fingerprint density at radius 1 is 0.294 bits per heavy atom. The van der Waals surface area contributed by atoms with Crippen molar-refractivity contribution in [3.05, 3.63) is 253 Å². The topological polar surface area (TPSA) is 45.9 Å². The maximum atomic E-state index is 7.10. The lowest BCUT2D eigenvalue weighted by Gasteiger charge is -2.31. The van der Waals surface area contributed by atoms with E-state index in [0.29, 0.717) is 0 Å². The molecule has 2 aliphatic carbocycles. The van der Waals surface area contributed by atoms with Gasteiger partial charge in [0.1, 0.15) is 22.5 Å². The lowest BCUT2D eigenvalue weighted by molar-refractivity contribution is 0.628. The fourth-order valence-electron chi connectivity index (χ4n) is 11.7. The summed E-state index contributed by atoms with van der Waals surface area (Å²) in [5, 5.41) is 5.48. The van der Waals surface area contributed by atoms with Gasteiger partial charge >= 0.3 is 0 Å². The molecule has 1 spiro atoms. The number of hydrogen-bond acceptors (Lipinski definition) is 5. The van der Waals surface area contributed by atoms with Gasteiger partial charge in [-0.2, -0.15) is 0 Å². The minimum atomic E-state index is -0.660. The summed E-state index contributed by atoms with van der Waals surface area (Å²) in [6, 6.07) is 82.2. The predicted octanol–water partition coefficient (Wildman–Crippen LogP) is 17.5. The Balaban J connectivity index is 0.972. The Bertz CT molecular complexity index is 4180. The van der Waals surface area contributed by atoms with Gasteiger partial charge in [-0.3, -0.25) is 0 Å². The van der Waals surface area contributed by atoms with Crippen molar-refractivity contribution in [2.45, 2.75) is 5.41 Å². The molecule has 0 amide bonds. The summed E-state index contributed by atoms with van der Waals surface area (Å²) < 4.78 is 20.5. The standard InChI is InChI=1S/C63H38N2O3/c1-3-17-39(18-4-1)64(54-28-15-25-46-44-22-8-12-30-56(44)66-60(46)54)41-33-35-52-49(37-41)43-21-7-11-27-51(43)63(52)53-36-34-42(38-50(53)62-59(63)48-24-10-14-32-58(48)68-62)65(40-19-5-2-6-20-40)55-29-16-26-47-45-23-9-13-31-57(45)67-61(47)55/h1-38H. The quantitative estimate of drug-likeness (QED) is 0.167. The Labute approximate surface area is 390 Å². The van der Waals surface area contributed by atoms with Crippen LogP contribution in [0.1, 0.15) is 22.3 Å². The van der Waals surface area contributed by atoms with E-state index in [1.54, 1.807) is 0 Å². The monoisotopic (exact) mass is 870 g/mol. The lowest BCUT2D eigenvalue weighted by atomic mass is 9.70. The molecule has 0 bridgehead atoms. The highest BCUT2D eigenvalue weighted by atomic mass is 16.3. The molecule has 0 aliphatic heterocycles. The molecule has 5 heteroatoms. The normalized spacial score (nSPS) is 14.5. The molecule has 13 aromatic rings. The molecule has 1 unspecified atom stereocenters. The van der Waals surface area contributed by atoms with Gasteiger partial charge in [-0.15, -0.1) is 0 Å². The van der Waals surface area contributed by atoms with E-state index in [4.69, 9.17) is 13.3 Å². The first kappa shape index (κ1) is 37.2. The molecule has 3 heterocycles. The second kappa shape index (κ2) is 14.0. The zero-order valence-corrected chi connectivity index (χ0v) is 36.6. The smallest absolute Gasteiger partial charge is 0.159 e. The van der Waals surface area contributed by atoms with Crippen LogP contribution in [0.15, 0.2) is 244 Å². The third-order valence-electron chi connectivity index (χ3n) is 14.4. The van der Waals surface area contributed by atoms with Crippen molar-refractivity contribution in [1.82, 2.24) is 0 Å². The third-order valence-corrected chi connectivity index (χ3v) is 14.4. The molecule has 0 saturated carbocycles. The highest BCUT2D eigenvalue weighted by molar-refractivity contribution is 6.12. The number of rotatable bonds is 6. The van der Waals surface area contributed by atoms with Crippen LogP contribution in [0.5, 0.6) is 0 Å². The highest BCUT2D eigenvalue weighted by Crippen LogP contribution is 2.66. The van der Waals surface area contributed by atoms with Crippen LogP contribution in [0.3, 0.4) is 0 Å². The van der Waals surface area contributed by atoms with Crippen LogP contribution in [0, 0.1) is 0 Å². The maximum Gasteiger partial charge on any atom is 0.159 e. The van der Waals surface area contributed by atoms with Gasteiger partial charge in [0.2, 0.25) is 0 Å². The van der Waals surface area contributed by atoms with Gasteiger partial charge < -0.3 is 23.1 Å². The van der Waals surface area contributed by atoms with Gasteiger partial charge in [0.05, 0.1) is 16.8 Å². The molecule has 1 atom stereocenters. The number of benzene rings is 10. The summed E-state index contributed by atoms with van der Waals surface area (Å²) >= 11 is 0. The Morgan fingerprint density at radius 2 is 0.735 bits per heavy atom. The fourth-order valence-corrected chi connectivity index (χ4v) is 11.7. The third kappa shape index (κ3) is 4.99. The van der Waals surface area contributed by atoms with Crippen molar-refractivity contribution >= 4 is 89.0 Å². The first-order chi connectivity index (χ1) is 33.7. The summed E-state index contributed by atoms with van der Waals surface area (Å²) in [5.41, 5.74) is 18.0. The molecular formula is C63H38N2O3. The van der Waals surface area contributed by atoms with Crippen LogP contribution < -0.4 is 9.80 Å². The average molecular weight is 871 g/mol. The first-order valence-electron chi connectivity index (χ1n) is 23.2. The van der Waals surface area contributed by atoms with E-state index in [-0.39, 0.29) is 0 Å². The van der Waals surface area contributed by atoms with E-state index in [9.17, 15) is 0 Å². The molecule has 5 nitrogen and oxygen atoms in total. The molecule has 0 saturated heterocycles. The van der Waals surface area contributed by atoms with Gasteiger partial charge in [-0.1, -0.05) is 152 Å². The average Bonchev–Trinajstić information content (AvgIpc) is 4.20. The molecule has 0 N–H and O–H groups in total.